The Morgan fingerprint density at radius 3 is 2.32 bits per heavy atom. The van der Waals surface area contributed by atoms with Gasteiger partial charge in [-0.05, 0) is 43.4 Å². The van der Waals surface area contributed by atoms with E-state index in [1.807, 2.05) is 24.8 Å². The molecule has 0 bridgehead atoms. The van der Waals surface area contributed by atoms with Crippen LogP contribution in [0.15, 0.2) is 53.3 Å². The van der Waals surface area contributed by atoms with E-state index < -0.39 is 0 Å². The maximum atomic E-state index is 13.4. The molecule has 38 heavy (non-hydrogen) atoms. The molecule has 5 aromatic rings. The van der Waals surface area contributed by atoms with Crippen LogP contribution in [-0.4, -0.2) is 61.9 Å². The lowest BCUT2D eigenvalue weighted by molar-refractivity contribution is 0.145. The van der Waals surface area contributed by atoms with Gasteiger partial charge < -0.3 is 9.47 Å². The lowest BCUT2D eigenvalue weighted by Crippen LogP contribution is -2.44. The Balaban J connectivity index is 1.45. The number of piperazine rings is 1. The number of rotatable bonds is 4. The fourth-order valence-corrected chi connectivity index (χ4v) is 6.09. The van der Waals surface area contributed by atoms with Gasteiger partial charge in [-0.2, -0.15) is 5.10 Å². The second-order valence-electron chi connectivity index (χ2n) is 10.3. The summed E-state index contributed by atoms with van der Waals surface area (Å²) in [4.78, 5) is 18.3. The number of nitrogens with zero attached hydrogens (tertiary/aromatic N) is 6. The van der Waals surface area contributed by atoms with Crippen LogP contribution in [0.2, 0.25) is 10.0 Å². The zero-order valence-corrected chi connectivity index (χ0v) is 23.5. The predicted molar refractivity (Wildman–Crippen MR) is 156 cm³/mol. The SMILES string of the molecule is CN1CCN(Cc2cc(-c3ccc4c(c3)c3cc(-c5ccc(Cl)cc5Cl)c(=O)n(C)c3n4C)nn2C)CC1. The monoisotopic (exact) mass is 548 g/mol. The van der Waals surface area contributed by atoms with Crippen molar-refractivity contribution >= 4 is 45.1 Å². The molecule has 1 aliphatic heterocycles. The third kappa shape index (κ3) is 4.24. The Hall–Kier alpha value is -3.10. The van der Waals surface area contributed by atoms with Crippen LogP contribution in [0, 0.1) is 0 Å². The maximum Gasteiger partial charge on any atom is 0.259 e. The molecule has 4 heterocycles. The molecule has 0 radical (unpaired) electrons. The fourth-order valence-electron chi connectivity index (χ4n) is 5.58. The third-order valence-corrected chi connectivity index (χ3v) is 8.37. The van der Waals surface area contributed by atoms with Gasteiger partial charge in [-0.15, -0.1) is 0 Å². The van der Waals surface area contributed by atoms with Gasteiger partial charge >= 0.3 is 0 Å². The molecule has 0 spiro atoms. The quantitative estimate of drug-likeness (QED) is 0.311. The summed E-state index contributed by atoms with van der Waals surface area (Å²) in [5.74, 6) is 0. The molecule has 2 aromatic carbocycles. The van der Waals surface area contributed by atoms with Crippen molar-refractivity contribution in [3.05, 3.63) is 74.6 Å². The first kappa shape index (κ1) is 25.2. The van der Waals surface area contributed by atoms with Crippen LogP contribution in [0.4, 0.5) is 0 Å². The number of halogens is 2. The number of likely N-dealkylation sites (N-methyl/N-ethyl adjacent to an activating group) is 1. The summed E-state index contributed by atoms with van der Waals surface area (Å²) in [5.41, 5.74) is 6.21. The molecule has 0 unspecified atom stereocenters. The molecule has 3 aromatic heterocycles. The van der Waals surface area contributed by atoms with Crippen LogP contribution in [-0.2, 0) is 27.7 Å². The molecule has 196 valence electrons. The van der Waals surface area contributed by atoms with E-state index in [9.17, 15) is 4.79 Å². The minimum Gasteiger partial charge on any atom is -0.330 e. The minimum absolute atomic E-state index is 0.105. The van der Waals surface area contributed by atoms with Crippen LogP contribution in [0.3, 0.4) is 0 Å². The minimum atomic E-state index is -0.105. The average Bonchev–Trinajstić information content (AvgIpc) is 3.39. The average molecular weight is 550 g/mol. The van der Waals surface area contributed by atoms with Crippen molar-refractivity contribution in [2.24, 2.45) is 21.1 Å². The molecular weight excluding hydrogens is 519 g/mol. The molecule has 6 rings (SSSR count). The number of fused-ring (bicyclic) bond motifs is 3. The Morgan fingerprint density at radius 2 is 1.58 bits per heavy atom. The topological polar surface area (TPSA) is 51.2 Å². The highest BCUT2D eigenvalue weighted by molar-refractivity contribution is 6.36. The van der Waals surface area contributed by atoms with Crippen LogP contribution in [0.5, 0.6) is 0 Å². The van der Waals surface area contributed by atoms with E-state index >= 15 is 0 Å². The largest absolute Gasteiger partial charge is 0.330 e. The van der Waals surface area contributed by atoms with Crippen molar-refractivity contribution in [2.75, 3.05) is 33.2 Å². The van der Waals surface area contributed by atoms with Gasteiger partial charge in [0.15, 0.2) is 0 Å². The summed E-state index contributed by atoms with van der Waals surface area (Å²) in [6.45, 7) is 5.21. The van der Waals surface area contributed by atoms with Crippen molar-refractivity contribution in [3.8, 4) is 22.4 Å². The molecule has 0 saturated carbocycles. The van der Waals surface area contributed by atoms with Gasteiger partial charge in [0.1, 0.15) is 5.65 Å². The Labute approximate surface area is 231 Å². The van der Waals surface area contributed by atoms with Crippen molar-refractivity contribution in [1.29, 1.82) is 0 Å². The van der Waals surface area contributed by atoms with Crippen LogP contribution < -0.4 is 5.56 Å². The summed E-state index contributed by atoms with van der Waals surface area (Å²) in [7, 11) is 7.99. The highest BCUT2D eigenvalue weighted by atomic mass is 35.5. The van der Waals surface area contributed by atoms with Gasteiger partial charge in [-0.1, -0.05) is 35.3 Å². The smallest absolute Gasteiger partial charge is 0.259 e. The normalized spacial score (nSPS) is 15.2. The molecule has 1 aliphatic rings. The zero-order valence-electron chi connectivity index (χ0n) is 22.0. The summed E-state index contributed by atoms with van der Waals surface area (Å²) >= 11 is 12.6. The highest BCUT2D eigenvalue weighted by Crippen LogP contribution is 2.35. The van der Waals surface area contributed by atoms with E-state index in [0.29, 0.717) is 21.2 Å². The van der Waals surface area contributed by atoms with Crippen LogP contribution in [0.1, 0.15) is 5.69 Å². The molecule has 0 amide bonds. The van der Waals surface area contributed by atoms with E-state index in [2.05, 4.69) is 45.7 Å². The lowest BCUT2D eigenvalue weighted by atomic mass is 10.0. The van der Waals surface area contributed by atoms with E-state index in [1.165, 1.54) is 5.69 Å². The van der Waals surface area contributed by atoms with E-state index in [1.54, 1.807) is 29.8 Å². The van der Waals surface area contributed by atoms with E-state index in [-0.39, 0.29) is 5.56 Å². The van der Waals surface area contributed by atoms with Gasteiger partial charge in [-0.3, -0.25) is 18.9 Å². The van der Waals surface area contributed by atoms with Gasteiger partial charge in [0.05, 0.1) is 21.9 Å². The molecule has 0 N–H and O–H groups in total. The third-order valence-electron chi connectivity index (χ3n) is 7.82. The van der Waals surface area contributed by atoms with Gasteiger partial charge in [0, 0.05) is 86.4 Å². The predicted octanol–water partition coefficient (Wildman–Crippen LogP) is 5.15. The second kappa shape index (κ2) is 9.58. The van der Waals surface area contributed by atoms with Gasteiger partial charge in [0.25, 0.3) is 5.56 Å². The summed E-state index contributed by atoms with van der Waals surface area (Å²) in [5, 5.41) is 7.90. The molecule has 0 aliphatic carbocycles. The molecular formula is C29H30Cl2N6O. The first-order valence-electron chi connectivity index (χ1n) is 12.7. The Kier molecular flexibility index (Phi) is 6.35. The number of aromatic nitrogens is 4. The first-order valence-corrected chi connectivity index (χ1v) is 13.5. The molecule has 1 saturated heterocycles. The first-order chi connectivity index (χ1) is 18.2. The van der Waals surface area contributed by atoms with Crippen molar-refractivity contribution < 1.29 is 0 Å². The highest BCUT2D eigenvalue weighted by Gasteiger charge is 2.20. The fraction of sp³-hybridized carbons (Fsp3) is 0.310. The maximum absolute atomic E-state index is 13.4. The van der Waals surface area contributed by atoms with Crippen molar-refractivity contribution in [2.45, 2.75) is 6.54 Å². The van der Waals surface area contributed by atoms with E-state index in [0.717, 1.165) is 65.9 Å². The molecule has 9 heteroatoms. The Morgan fingerprint density at radius 1 is 0.816 bits per heavy atom. The molecule has 0 atom stereocenters. The number of hydrogen-bond acceptors (Lipinski definition) is 4. The van der Waals surface area contributed by atoms with Crippen molar-refractivity contribution in [3.63, 3.8) is 0 Å². The zero-order chi connectivity index (χ0) is 26.7. The molecule has 1 fully saturated rings. The lowest BCUT2D eigenvalue weighted by Gasteiger charge is -2.32. The van der Waals surface area contributed by atoms with Crippen LogP contribution >= 0.6 is 23.2 Å². The second-order valence-corrected chi connectivity index (χ2v) is 11.1. The molecule has 7 nitrogen and oxygen atoms in total. The van der Waals surface area contributed by atoms with Crippen molar-refractivity contribution in [1.82, 2.24) is 28.7 Å². The number of aryl methyl sites for hydroxylation is 3. The van der Waals surface area contributed by atoms with E-state index in [4.69, 9.17) is 28.3 Å². The number of pyridine rings is 1. The van der Waals surface area contributed by atoms with Gasteiger partial charge in [0.2, 0.25) is 0 Å². The van der Waals surface area contributed by atoms with Crippen LogP contribution in [0.25, 0.3) is 44.3 Å². The Bertz CT molecular complexity index is 1760. The standard InChI is InChI=1S/C29H30Cl2N6O/c1-33-9-11-37(12-10-33)17-20-15-26(32-36(20)4)18-5-8-27-22(13-18)23-16-24(21-7-6-19(30)14-25(21)31)29(38)35(3)28(23)34(27)2/h5-8,13-16H,9-12,17H2,1-4H3. The number of hydrogen-bond donors (Lipinski definition) is 0. The number of benzene rings is 2. The summed E-state index contributed by atoms with van der Waals surface area (Å²) < 4.78 is 5.76. The van der Waals surface area contributed by atoms with Gasteiger partial charge in [-0.25, -0.2) is 0 Å². The summed E-state index contributed by atoms with van der Waals surface area (Å²) in [6, 6.07) is 15.8. The summed E-state index contributed by atoms with van der Waals surface area (Å²) in [6.07, 6.45) is 0.